The molecule has 0 aromatic heterocycles. The Hall–Kier alpha value is -0.217. The van der Waals surface area contributed by atoms with E-state index < -0.39 is 0 Å². The quantitative estimate of drug-likeness (QED) is 0.191. The van der Waals surface area contributed by atoms with Gasteiger partial charge in [-0.25, -0.2) is 0 Å². The molecule has 0 aliphatic heterocycles. The minimum Gasteiger partial charge on any atom is -0.412 e. The summed E-state index contributed by atoms with van der Waals surface area (Å²) in [5.74, 6) is -0.0887. The van der Waals surface area contributed by atoms with Crippen LogP contribution in [0.15, 0.2) is 0 Å². The predicted octanol–water partition coefficient (Wildman–Crippen LogP) is -0.915. The van der Waals surface area contributed by atoms with Gasteiger partial charge >= 0.3 is 19.5 Å². The SMILES string of the molecule is CC(=O)NCCNC(=S)[S-].CC(=O)NCCNC(=S)[S-].[Zn+2]. The fraction of sp³-hybridized carbons (Fsp3) is 0.600. The second-order valence-electron chi connectivity index (χ2n) is 3.39. The summed E-state index contributed by atoms with van der Waals surface area (Å²) >= 11 is 18.3. The van der Waals surface area contributed by atoms with Crippen molar-refractivity contribution in [1.29, 1.82) is 0 Å². The molecule has 0 unspecified atom stereocenters. The summed E-state index contributed by atoms with van der Waals surface area (Å²) in [4.78, 5) is 20.6. The van der Waals surface area contributed by atoms with Crippen LogP contribution < -0.4 is 21.3 Å². The van der Waals surface area contributed by atoms with Crippen molar-refractivity contribution < 1.29 is 29.1 Å². The summed E-state index contributed by atoms with van der Waals surface area (Å²) in [5.41, 5.74) is 0. The third-order valence-electron chi connectivity index (χ3n) is 1.54. The Kier molecular flexibility index (Phi) is 21.8. The molecular formula is C10H18N4O2S4Zn. The van der Waals surface area contributed by atoms with Crippen LogP contribution in [0.1, 0.15) is 13.8 Å². The molecule has 0 bridgehead atoms. The van der Waals surface area contributed by atoms with Gasteiger partial charge in [0, 0.05) is 40.0 Å². The maximum absolute atomic E-state index is 10.3. The van der Waals surface area contributed by atoms with Crippen molar-refractivity contribution in [3.63, 3.8) is 0 Å². The Morgan fingerprint density at radius 3 is 1.19 bits per heavy atom. The van der Waals surface area contributed by atoms with Crippen molar-refractivity contribution in [2.45, 2.75) is 13.8 Å². The van der Waals surface area contributed by atoms with Gasteiger partial charge in [0.1, 0.15) is 0 Å². The molecule has 0 radical (unpaired) electrons. The summed E-state index contributed by atoms with van der Waals surface area (Å²) in [6.45, 7) is 5.25. The maximum atomic E-state index is 10.3. The summed E-state index contributed by atoms with van der Waals surface area (Å²) in [6, 6.07) is 0. The zero-order valence-corrected chi connectivity index (χ0v) is 18.2. The van der Waals surface area contributed by atoms with Gasteiger partial charge in [0.2, 0.25) is 11.8 Å². The van der Waals surface area contributed by atoms with E-state index in [0.29, 0.717) is 34.8 Å². The molecule has 0 heterocycles. The minimum atomic E-state index is -0.0444. The Labute approximate surface area is 159 Å². The normalized spacial score (nSPS) is 8.10. The Morgan fingerprint density at radius 2 is 1.00 bits per heavy atom. The largest absolute Gasteiger partial charge is 2.00 e. The van der Waals surface area contributed by atoms with Crippen LogP contribution in [0.3, 0.4) is 0 Å². The van der Waals surface area contributed by atoms with Crippen molar-refractivity contribution in [2.24, 2.45) is 0 Å². The molecule has 116 valence electrons. The molecule has 4 N–H and O–H groups in total. The van der Waals surface area contributed by atoms with Gasteiger partial charge in [-0.1, -0.05) is 8.64 Å². The fourth-order valence-electron chi connectivity index (χ4n) is 0.806. The first-order valence-corrected chi connectivity index (χ1v) is 7.27. The van der Waals surface area contributed by atoms with E-state index in [-0.39, 0.29) is 31.3 Å². The van der Waals surface area contributed by atoms with Gasteiger partial charge in [0.25, 0.3) is 0 Å². The molecule has 0 aliphatic rings. The first-order chi connectivity index (χ1) is 9.25. The number of thiocarbonyl (C=S) groups is 2. The molecule has 0 aromatic carbocycles. The Bertz CT molecular complexity index is 281. The van der Waals surface area contributed by atoms with Gasteiger partial charge < -0.3 is 71.0 Å². The summed E-state index contributed by atoms with van der Waals surface area (Å²) in [5, 5.41) is 10.7. The third kappa shape index (κ3) is 32.9. The van der Waals surface area contributed by atoms with Crippen LogP contribution in [0.4, 0.5) is 0 Å². The van der Waals surface area contributed by atoms with Crippen LogP contribution in [0.2, 0.25) is 0 Å². The summed E-state index contributed by atoms with van der Waals surface area (Å²) in [7, 11) is 0. The molecule has 0 saturated heterocycles. The van der Waals surface area contributed by atoms with E-state index >= 15 is 0 Å². The van der Waals surface area contributed by atoms with E-state index in [9.17, 15) is 9.59 Å². The van der Waals surface area contributed by atoms with Crippen molar-refractivity contribution in [3.8, 4) is 0 Å². The molecule has 0 aliphatic carbocycles. The molecule has 2 amide bonds. The van der Waals surface area contributed by atoms with Gasteiger partial charge in [-0.05, 0) is 0 Å². The molecule has 0 saturated carbocycles. The number of carbonyl (C=O) groups excluding carboxylic acids is 2. The second-order valence-corrected chi connectivity index (χ2v) is 5.54. The molecule has 0 atom stereocenters. The number of rotatable bonds is 6. The van der Waals surface area contributed by atoms with Crippen LogP contribution in [0.25, 0.3) is 0 Å². The van der Waals surface area contributed by atoms with Crippen LogP contribution >= 0.6 is 24.4 Å². The van der Waals surface area contributed by atoms with E-state index in [0.717, 1.165) is 0 Å². The summed E-state index contributed by atoms with van der Waals surface area (Å²) < 4.78 is 0.677. The van der Waals surface area contributed by atoms with Crippen molar-refractivity contribution in [1.82, 2.24) is 21.3 Å². The van der Waals surface area contributed by atoms with Gasteiger partial charge in [-0.2, -0.15) is 0 Å². The zero-order valence-electron chi connectivity index (χ0n) is 12.0. The number of amides is 2. The van der Waals surface area contributed by atoms with Crippen molar-refractivity contribution in [2.75, 3.05) is 26.2 Å². The van der Waals surface area contributed by atoms with Crippen LogP contribution in [-0.4, -0.2) is 46.6 Å². The maximum Gasteiger partial charge on any atom is 2.00 e. The van der Waals surface area contributed by atoms with Crippen molar-refractivity contribution >= 4 is 70.1 Å². The van der Waals surface area contributed by atoms with Crippen LogP contribution in [-0.2, 0) is 54.3 Å². The smallest absolute Gasteiger partial charge is 0.412 e. The average molecular weight is 420 g/mol. The number of hydrogen-bond acceptors (Lipinski definition) is 6. The van der Waals surface area contributed by atoms with Crippen molar-refractivity contribution in [3.05, 3.63) is 0 Å². The topological polar surface area (TPSA) is 82.3 Å². The first kappa shape index (κ1) is 25.7. The zero-order chi connectivity index (χ0) is 16.0. The molecule has 0 aromatic rings. The minimum absolute atomic E-state index is 0. The van der Waals surface area contributed by atoms with Gasteiger partial charge in [-0.15, -0.1) is 0 Å². The second kappa shape index (κ2) is 17.8. The van der Waals surface area contributed by atoms with Gasteiger partial charge in [0.05, 0.1) is 0 Å². The van der Waals surface area contributed by atoms with E-state index in [1.165, 1.54) is 13.8 Å². The van der Waals surface area contributed by atoms with E-state index in [4.69, 9.17) is 0 Å². The molecular weight excluding hydrogens is 402 g/mol. The van der Waals surface area contributed by atoms with Gasteiger partial charge in [-0.3, -0.25) is 9.59 Å². The van der Waals surface area contributed by atoms with Gasteiger partial charge in [0.15, 0.2) is 0 Å². The van der Waals surface area contributed by atoms with E-state index in [2.05, 4.69) is 71.0 Å². The van der Waals surface area contributed by atoms with E-state index in [1.807, 2.05) is 0 Å². The molecule has 11 heteroatoms. The first-order valence-electron chi connectivity index (χ1n) is 5.64. The van der Waals surface area contributed by atoms with Crippen LogP contribution in [0, 0.1) is 0 Å². The fourth-order valence-corrected chi connectivity index (χ4v) is 1.21. The molecule has 0 fully saturated rings. The molecule has 6 nitrogen and oxygen atoms in total. The molecule has 21 heavy (non-hydrogen) atoms. The number of carbonyl (C=O) groups is 2. The number of nitrogens with one attached hydrogen (secondary N) is 4. The predicted molar refractivity (Wildman–Crippen MR) is 93.3 cm³/mol. The summed E-state index contributed by atoms with van der Waals surface area (Å²) in [6.07, 6.45) is 0. The van der Waals surface area contributed by atoms with E-state index in [1.54, 1.807) is 0 Å². The molecule has 0 rings (SSSR count). The Morgan fingerprint density at radius 1 is 0.762 bits per heavy atom. The Balaban J connectivity index is -0.000000295. The standard InChI is InChI=1S/2C5H10N2OS2.Zn/c2*1-4(8)6-2-3-7-5(9)10;/h2*2-3H2,1H3,(H,6,8)(H2,7,9,10);/q;;+2/p-2. The number of hydrogen-bond donors (Lipinski definition) is 4. The average Bonchev–Trinajstić information content (AvgIpc) is 2.30. The monoisotopic (exact) mass is 418 g/mol. The molecule has 0 spiro atoms. The third-order valence-corrected chi connectivity index (χ3v) is 2.11. The van der Waals surface area contributed by atoms with Crippen LogP contribution in [0.5, 0.6) is 0 Å².